The number of nitrogen functional groups attached to an aromatic ring is 1. The maximum atomic E-state index is 6.17. The summed E-state index contributed by atoms with van der Waals surface area (Å²) in [5.41, 5.74) is 3.43. The average molecular weight is 285 g/mol. The van der Waals surface area contributed by atoms with Crippen LogP contribution >= 0.6 is 11.6 Å². The molecule has 0 aromatic carbocycles. The van der Waals surface area contributed by atoms with Gasteiger partial charge in [-0.1, -0.05) is 11.6 Å². The van der Waals surface area contributed by atoms with Crippen molar-refractivity contribution in [2.24, 2.45) is 11.8 Å². The second kappa shape index (κ2) is 7.05. The number of piperidine rings is 1. The molecule has 0 unspecified atom stereocenters. The van der Waals surface area contributed by atoms with E-state index in [-0.39, 0.29) is 0 Å². The highest BCUT2D eigenvalue weighted by Gasteiger charge is 2.20. The van der Waals surface area contributed by atoms with E-state index in [0.29, 0.717) is 16.8 Å². The minimum Gasteiger partial charge on any atom is -0.384 e. The number of hydrogen-bond donors (Lipinski definition) is 2. The summed E-state index contributed by atoms with van der Waals surface area (Å²) in [6.45, 7) is 3.76. The summed E-state index contributed by atoms with van der Waals surface area (Å²) in [4.78, 5) is 6.78. The van der Waals surface area contributed by atoms with Crippen molar-refractivity contribution in [2.45, 2.75) is 19.4 Å². The standard InChI is InChI=1S/C13H21ClN4O/c1-19-9-10-4-6-18(7-5-10)8-12-11(14)2-3-13(16-12)17-15/h2-3,10H,4-9,15H2,1H3,(H,16,17). The molecule has 0 aliphatic carbocycles. The summed E-state index contributed by atoms with van der Waals surface area (Å²) in [7, 11) is 1.77. The van der Waals surface area contributed by atoms with E-state index < -0.39 is 0 Å². The Kier molecular flexibility index (Phi) is 5.39. The lowest BCUT2D eigenvalue weighted by Crippen LogP contribution is -2.34. The molecule has 0 saturated carbocycles. The number of pyridine rings is 1. The largest absolute Gasteiger partial charge is 0.384 e. The Balaban J connectivity index is 1.91. The van der Waals surface area contributed by atoms with Crippen LogP contribution in [0.15, 0.2) is 12.1 Å². The normalized spacial score (nSPS) is 17.6. The van der Waals surface area contributed by atoms with Gasteiger partial charge in [0, 0.05) is 20.3 Å². The highest BCUT2D eigenvalue weighted by Crippen LogP contribution is 2.22. The summed E-state index contributed by atoms with van der Waals surface area (Å²) in [6.07, 6.45) is 2.33. The van der Waals surface area contributed by atoms with Crippen molar-refractivity contribution in [1.82, 2.24) is 9.88 Å². The number of halogens is 1. The number of rotatable bonds is 5. The molecule has 0 atom stereocenters. The van der Waals surface area contributed by atoms with Gasteiger partial charge in [0.05, 0.1) is 10.7 Å². The molecule has 19 heavy (non-hydrogen) atoms. The lowest BCUT2D eigenvalue weighted by molar-refractivity contribution is 0.0963. The number of hydrazine groups is 1. The molecule has 3 N–H and O–H groups in total. The summed E-state index contributed by atoms with van der Waals surface area (Å²) in [5.74, 6) is 6.70. The SMILES string of the molecule is COCC1CCN(Cc2nc(NN)ccc2Cl)CC1. The molecule has 5 nitrogen and oxygen atoms in total. The van der Waals surface area contributed by atoms with Crippen molar-refractivity contribution in [3.63, 3.8) is 0 Å². The van der Waals surface area contributed by atoms with Gasteiger partial charge in [0.15, 0.2) is 0 Å². The number of nitrogens with two attached hydrogens (primary N) is 1. The van der Waals surface area contributed by atoms with E-state index in [4.69, 9.17) is 22.2 Å². The van der Waals surface area contributed by atoms with Crippen LogP contribution in [0.4, 0.5) is 5.82 Å². The molecule has 0 bridgehead atoms. The fraction of sp³-hybridized carbons (Fsp3) is 0.615. The van der Waals surface area contributed by atoms with Gasteiger partial charge in [-0.25, -0.2) is 10.8 Å². The molecule has 1 aromatic rings. The number of aromatic nitrogens is 1. The molecule has 1 aliphatic rings. The van der Waals surface area contributed by atoms with E-state index in [9.17, 15) is 0 Å². The zero-order chi connectivity index (χ0) is 13.7. The topological polar surface area (TPSA) is 63.4 Å². The number of methoxy groups -OCH3 is 1. The van der Waals surface area contributed by atoms with Gasteiger partial charge in [-0.3, -0.25) is 4.90 Å². The van der Waals surface area contributed by atoms with Crippen molar-refractivity contribution in [1.29, 1.82) is 0 Å². The molecule has 6 heteroatoms. The third-order valence-corrected chi connectivity index (χ3v) is 3.89. The van der Waals surface area contributed by atoms with Crippen LogP contribution in [-0.4, -0.2) is 36.7 Å². The summed E-state index contributed by atoms with van der Waals surface area (Å²) >= 11 is 6.17. The monoisotopic (exact) mass is 284 g/mol. The van der Waals surface area contributed by atoms with E-state index in [2.05, 4.69) is 15.3 Å². The first-order chi connectivity index (χ1) is 9.22. The lowest BCUT2D eigenvalue weighted by Gasteiger charge is -2.31. The van der Waals surface area contributed by atoms with Crippen LogP contribution in [0, 0.1) is 5.92 Å². The number of anilines is 1. The third-order valence-electron chi connectivity index (χ3n) is 3.55. The predicted octanol–water partition coefficient (Wildman–Crippen LogP) is 1.88. The van der Waals surface area contributed by atoms with Gasteiger partial charge in [0.1, 0.15) is 5.82 Å². The van der Waals surface area contributed by atoms with E-state index in [1.54, 1.807) is 13.2 Å². The molecular formula is C13H21ClN4O. The van der Waals surface area contributed by atoms with Crippen LogP contribution < -0.4 is 11.3 Å². The van der Waals surface area contributed by atoms with E-state index in [1.807, 2.05) is 6.07 Å². The van der Waals surface area contributed by atoms with Gasteiger partial charge in [0.2, 0.25) is 0 Å². The van der Waals surface area contributed by atoms with Crippen molar-refractivity contribution >= 4 is 17.4 Å². The predicted molar refractivity (Wildman–Crippen MR) is 76.9 cm³/mol. The zero-order valence-electron chi connectivity index (χ0n) is 11.2. The van der Waals surface area contributed by atoms with Crippen LogP contribution in [-0.2, 0) is 11.3 Å². The van der Waals surface area contributed by atoms with Crippen molar-refractivity contribution in [3.05, 3.63) is 22.8 Å². The van der Waals surface area contributed by atoms with E-state index in [0.717, 1.165) is 31.9 Å². The number of hydrogen-bond acceptors (Lipinski definition) is 5. The minimum atomic E-state index is 0.647. The Hall–Kier alpha value is -0.880. The van der Waals surface area contributed by atoms with Gasteiger partial charge in [-0.05, 0) is 44.0 Å². The smallest absolute Gasteiger partial charge is 0.140 e. The van der Waals surface area contributed by atoms with E-state index >= 15 is 0 Å². The number of nitrogens with one attached hydrogen (secondary N) is 1. The Labute approximate surface area is 119 Å². The highest BCUT2D eigenvalue weighted by atomic mass is 35.5. The Morgan fingerprint density at radius 1 is 1.47 bits per heavy atom. The number of nitrogens with zero attached hydrogens (tertiary/aromatic N) is 2. The zero-order valence-corrected chi connectivity index (χ0v) is 12.0. The Morgan fingerprint density at radius 3 is 2.84 bits per heavy atom. The molecule has 0 spiro atoms. The van der Waals surface area contributed by atoms with Crippen LogP contribution in [0.2, 0.25) is 5.02 Å². The van der Waals surface area contributed by atoms with Crippen molar-refractivity contribution in [3.8, 4) is 0 Å². The average Bonchev–Trinajstić information content (AvgIpc) is 2.44. The summed E-state index contributed by atoms with van der Waals surface area (Å²) in [6, 6.07) is 3.60. The molecular weight excluding hydrogens is 264 g/mol. The van der Waals surface area contributed by atoms with Crippen molar-refractivity contribution in [2.75, 3.05) is 32.2 Å². The summed E-state index contributed by atoms with van der Waals surface area (Å²) in [5, 5.41) is 0.693. The van der Waals surface area contributed by atoms with Gasteiger partial charge in [-0.15, -0.1) is 0 Å². The molecule has 1 aliphatic heterocycles. The molecule has 1 aromatic heterocycles. The lowest BCUT2D eigenvalue weighted by atomic mass is 9.98. The number of likely N-dealkylation sites (tertiary alicyclic amines) is 1. The maximum Gasteiger partial charge on any atom is 0.140 e. The number of ether oxygens (including phenoxy) is 1. The van der Waals surface area contributed by atoms with Crippen LogP contribution in [0.1, 0.15) is 18.5 Å². The first-order valence-electron chi connectivity index (χ1n) is 6.56. The molecule has 0 radical (unpaired) electrons. The molecule has 1 fully saturated rings. The highest BCUT2D eigenvalue weighted by molar-refractivity contribution is 6.31. The first-order valence-corrected chi connectivity index (χ1v) is 6.94. The van der Waals surface area contributed by atoms with Gasteiger partial charge in [-0.2, -0.15) is 0 Å². The van der Waals surface area contributed by atoms with Crippen LogP contribution in [0.5, 0.6) is 0 Å². The fourth-order valence-corrected chi connectivity index (χ4v) is 2.60. The first kappa shape index (κ1) is 14.5. The third kappa shape index (κ3) is 4.04. The van der Waals surface area contributed by atoms with Crippen LogP contribution in [0.3, 0.4) is 0 Å². The molecule has 2 heterocycles. The van der Waals surface area contributed by atoms with Crippen LogP contribution in [0.25, 0.3) is 0 Å². The van der Waals surface area contributed by atoms with Gasteiger partial charge >= 0.3 is 0 Å². The Morgan fingerprint density at radius 2 is 2.21 bits per heavy atom. The Bertz CT molecular complexity index is 408. The van der Waals surface area contributed by atoms with Gasteiger partial charge < -0.3 is 10.2 Å². The van der Waals surface area contributed by atoms with Crippen molar-refractivity contribution < 1.29 is 4.74 Å². The molecule has 106 valence electrons. The van der Waals surface area contributed by atoms with E-state index in [1.165, 1.54) is 12.8 Å². The quantitative estimate of drug-likeness (QED) is 0.638. The second-order valence-electron chi connectivity index (χ2n) is 4.94. The second-order valence-corrected chi connectivity index (χ2v) is 5.35. The minimum absolute atomic E-state index is 0.647. The molecule has 1 saturated heterocycles. The fourth-order valence-electron chi connectivity index (χ4n) is 2.43. The molecule has 0 amide bonds. The maximum absolute atomic E-state index is 6.17. The van der Waals surface area contributed by atoms with Gasteiger partial charge in [0.25, 0.3) is 0 Å². The summed E-state index contributed by atoms with van der Waals surface area (Å²) < 4.78 is 5.21. The molecule has 2 rings (SSSR count).